The van der Waals surface area contributed by atoms with Crippen molar-refractivity contribution in [3.63, 3.8) is 0 Å². The van der Waals surface area contributed by atoms with Crippen molar-refractivity contribution in [2.24, 2.45) is 0 Å². The first-order valence-electron chi connectivity index (χ1n) is 9.95. The normalized spacial score (nSPS) is 17.8. The number of carbonyl (C=O) groups is 5. The third-order valence-electron chi connectivity index (χ3n) is 4.97. The maximum Gasteiger partial charge on any atom is 0.508 e. The monoisotopic (exact) mass is 472 g/mol. The zero-order chi connectivity index (χ0) is 24.1. The summed E-state index contributed by atoms with van der Waals surface area (Å²) in [7, 11) is 0. The van der Waals surface area contributed by atoms with Gasteiger partial charge in [-0.2, -0.15) is 0 Å². The quantitative estimate of drug-likeness (QED) is 0.302. The van der Waals surface area contributed by atoms with E-state index >= 15 is 0 Å². The van der Waals surface area contributed by atoms with Gasteiger partial charge in [-0.1, -0.05) is 0 Å². The standard InChI is InChI=1S/C17H16N10O7/c28-11-1-2-12(29)26(11)9(15-22-18-7-19-23-15)5-33-17(32)34-6-10(16-24-20-8-21-25-16)27-13(30)3-4-14(27)31/h7-10H,1-6H2. The van der Waals surface area contributed by atoms with Crippen molar-refractivity contribution in [2.45, 2.75) is 37.8 Å². The Labute approximate surface area is 189 Å². The summed E-state index contributed by atoms with van der Waals surface area (Å²) in [6.45, 7) is -1.08. The van der Waals surface area contributed by atoms with E-state index in [9.17, 15) is 24.0 Å². The fourth-order valence-corrected chi connectivity index (χ4v) is 3.44. The highest BCUT2D eigenvalue weighted by Crippen LogP contribution is 2.26. The molecule has 176 valence electrons. The summed E-state index contributed by atoms with van der Waals surface area (Å²) in [5.74, 6) is -2.20. The van der Waals surface area contributed by atoms with Crippen LogP contribution in [0.3, 0.4) is 0 Å². The molecule has 0 bridgehead atoms. The second kappa shape index (κ2) is 9.92. The predicted octanol–water partition coefficient (Wildman–Crippen LogP) is -1.92. The van der Waals surface area contributed by atoms with E-state index in [1.54, 1.807) is 0 Å². The van der Waals surface area contributed by atoms with E-state index in [2.05, 4.69) is 40.8 Å². The Kier molecular flexibility index (Phi) is 6.60. The molecular weight excluding hydrogens is 456 g/mol. The fraction of sp³-hybridized carbons (Fsp3) is 0.471. The molecule has 2 saturated heterocycles. The summed E-state index contributed by atoms with van der Waals surface area (Å²) < 4.78 is 10.1. The average Bonchev–Trinajstić information content (AvgIpc) is 3.36. The van der Waals surface area contributed by atoms with Gasteiger partial charge in [-0.15, -0.1) is 40.8 Å². The lowest BCUT2D eigenvalue weighted by Crippen LogP contribution is -2.39. The van der Waals surface area contributed by atoms with Crippen LogP contribution in [-0.2, 0) is 28.7 Å². The van der Waals surface area contributed by atoms with Crippen molar-refractivity contribution < 1.29 is 33.4 Å². The Balaban J connectivity index is 1.44. The second-order valence-corrected chi connectivity index (χ2v) is 7.03. The summed E-state index contributed by atoms with van der Waals surface area (Å²) >= 11 is 0. The molecule has 17 nitrogen and oxygen atoms in total. The zero-order valence-electron chi connectivity index (χ0n) is 17.4. The number of hydrogen-bond donors (Lipinski definition) is 0. The first kappa shape index (κ1) is 22.6. The van der Waals surface area contributed by atoms with Crippen molar-refractivity contribution in [3.8, 4) is 0 Å². The Morgan fingerprint density at radius 1 is 0.676 bits per heavy atom. The van der Waals surface area contributed by atoms with Gasteiger partial charge in [0.25, 0.3) is 0 Å². The molecule has 0 saturated carbocycles. The molecule has 2 aromatic heterocycles. The van der Waals surface area contributed by atoms with Crippen LogP contribution in [0.1, 0.15) is 49.4 Å². The van der Waals surface area contributed by atoms with E-state index < -0.39 is 55.1 Å². The minimum absolute atomic E-state index is 0.00775. The van der Waals surface area contributed by atoms with Gasteiger partial charge < -0.3 is 9.47 Å². The molecule has 17 heteroatoms. The summed E-state index contributed by atoms with van der Waals surface area (Å²) in [6, 6.07) is -2.33. The summed E-state index contributed by atoms with van der Waals surface area (Å²) in [4.78, 5) is 62.7. The van der Waals surface area contributed by atoms with Crippen LogP contribution >= 0.6 is 0 Å². The summed E-state index contributed by atoms with van der Waals surface area (Å²) in [6.07, 6.45) is 0.859. The first-order chi connectivity index (χ1) is 16.5. The first-order valence-corrected chi connectivity index (χ1v) is 9.95. The van der Waals surface area contributed by atoms with Gasteiger partial charge in [-0.25, -0.2) is 4.79 Å². The third-order valence-corrected chi connectivity index (χ3v) is 4.97. The largest absolute Gasteiger partial charge is 0.508 e. The van der Waals surface area contributed by atoms with E-state index in [4.69, 9.17) is 9.47 Å². The average molecular weight is 472 g/mol. The van der Waals surface area contributed by atoms with Gasteiger partial charge in [-0.05, 0) is 0 Å². The predicted molar refractivity (Wildman–Crippen MR) is 100 cm³/mol. The van der Waals surface area contributed by atoms with Crippen molar-refractivity contribution in [2.75, 3.05) is 13.2 Å². The van der Waals surface area contributed by atoms with Crippen molar-refractivity contribution in [3.05, 3.63) is 24.3 Å². The van der Waals surface area contributed by atoms with Gasteiger partial charge in [0.15, 0.2) is 24.3 Å². The molecule has 0 N–H and O–H groups in total. The number of carbonyl (C=O) groups excluding carboxylic acids is 5. The SMILES string of the molecule is O=C(OCC(c1nncnn1)N1C(=O)CCC1=O)OCC(c1nncnn1)N1C(=O)CCC1=O. The maximum atomic E-state index is 12.3. The van der Waals surface area contributed by atoms with Gasteiger partial charge in [0.1, 0.15) is 25.3 Å². The molecule has 4 heterocycles. The van der Waals surface area contributed by atoms with Gasteiger partial charge in [0, 0.05) is 25.7 Å². The van der Waals surface area contributed by atoms with Crippen molar-refractivity contribution >= 4 is 29.8 Å². The van der Waals surface area contributed by atoms with E-state index in [-0.39, 0.29) is 37.3 Å². The molecule has 2 aliphatic rings. The molecule has 2 unspecified atom stereocenters. The number of amides is 4. The van der Waals surface area contributed by atoms with E-state index in [1.165, 1.54) is 0 Å². The Morgan fingerprint density at radius 3 is 1.32 bits per heavy atom. The molecule has 0 aromatic carbocycles. The lowest BCUT2D eigenvalue weighted by Gasteiger charge is -2.25. The van der Waals surface area contributed by atoms with Crippen LogP contribution in [-0.4, -0.2) is 93.6 Å². The van der Waals surface area contributed by atoms with E-state index in [1.807, 2.05) is 0 Å². The molecule has 2 fully saturated rings. The molecule has 0 spiro atoms. The molecule has 34 heavy (non-hydrogen) atoms. The molecule has 2 atom stereocenters. The highest BCUT2D eigenvalue weighted by atomic mass is 16.7. The minimum atomic E-state index is -1.22. The number of rotatable bonds is 8. The van der Waals surface area contributed by atoms with Gasteiger partial charge in [-0.3, -0.25) is 29.0 Å². The topological polar surface area (TPSA) is 213 Å². The van der Waals surface area contributed by atoms with Crippen molar-refractivity contribution in [1.82, 2.24) is 50.6 Å². The molecule has 0 radical (unpaired) electrons. The Hall–Kier alpha value is -4.57. The highest BCUT2D eigenvalue weighted by Gasteiger charge is 2.40. The smallest absolute Gasteiger partial charge is 0.432 e. The van der Waals surface area contributed by atoms with Crippen LogP contribution in [0.2, 0.25) is 0 Å². The molecule has 4 amide bonds. The maximum absolute atomic E-state index is 12.3. The lowest BCUT2D eigenvalue weighted by atomic mass is 10.2. The van der Waals surface area contributed by atoms with E-state index in [0.29, 0.717) is 0 Å². The van der Waals surface area contributed by atoms with Crippen LogP contribution in [0.25, 0.3) is 0 Å². The van der Waals surface area contributed by atoms with Gasteiger partial charge in [0.05, 0.1) is 0 Å². The van der Waals surface area contributed by atoms with Crippen LogP contribution < -0.4 is 0 Å². The summed E-state index contributed by atoms with van der Waals surface area (Å²) in [5.41, 5.74) is 0. The number of imide groups is 2. The fourth-order valence-electron chi connectivity index (χ4n) is 3.44. The minimum Gasteiger partial charge on any atom is -0.432 e. The van der Waals surface area contributed by atoms with Crippen LogP contribution in [0.5, 0.6) is 0 Å². The van der Waals surface area contributed by atoms with Crippen LogP contribution in [0, 0.1) is 0 Å². The second-order valence-electron chi connectivity index (χ2n) is 7.03. The zero-order valence-corrected chi connectivity index (χ0v) is 17.4. The summed E-state index contributed by atoms with van der Waals surface area (Å²) in [5, 5.41) is 29.2. The number of aromatic nitrogens is 8. The number of hydrogen-bond acceptors (Lipinski definition) is 15. The molecule has 4 rings (SSSR count). The molecule has 2 aromatic rings. The molecule has 0 aliphatic carbocycles. The third kappa shape index (κ3) is 4.76. The number of nitrogens with zero attached hydrogens (tertiary/aromatic N) is 10. The van der Waals surface area contributed by atoms with Crippen LogP contribution in [0.4, 0.5) is 4.79 Å². The van der Waals surface area contributed by atoms with Gasteiger partial charge in [0.2, 0.25) is 23.6 Å². The van der Waals surface area contributed by atoms with Crippen LogP contribution in [0.15, 0.2) is 12.7 Å². The number of ether oxygens (including phenoxy) is 2. The lowest BCUT2D eigenvalue weighted by molar-refractivity contribution is -0.143. The molecular formula is C17H16N10O7. The molecule has 2 aliphatic heterocycles. The Bertz CT molecular complexity index is 985. The van der Waals surface area contributed by atoms with Crippen molar-refractivity contribution in [1.29, 1.82) is 0 Å². The Morgan fingerprint density at radius 2 is 1.00 bits per heavy atom. The van der Waals surface area contributed by atoms with E-state index in [0.717, 1.165) is 22.5 Å². The van der Waals surface area contributed by atoms with Gasteiger partial charge >= 0.3 is 6.16 Å². The number of likely N-dealkylation sites (tertiary alicyclic amines) is 2. The highest BCUT2D eigenvalue weighted by molar-refractivity contribution is 6.02.